The fraction of sp³-hybridized carbons (Fsp3) is 0.316. The fourth-order valence-electron chi connectivity index (χ4n) is 3.28. The summed E-state index contributed by atoms with van der Waals surface area (Å²) in [5, 5.41) is 15.1. The summed E-state index contributed by atoms with van der Waals surface area (Å²) in [5.74, 6) is -0.164. The average Bonchev–Trinajstić information content (AvgIpc) is 3.39. The van der Waals surface area contributed by atoms with Crippen molar-refractivity contribution in [1.29, 1.82) is 0 Å². The van der Waals surface area contributed by atoms with E-state index < -0.39 is 0 Å². The number of aromatic nitrogens is 4. The van der Waals surface area contributed by atoms with Crippen LogP contribution in [0.15, 0.2) is 55.0 Å². The maximum absolute atomic E-state index is 12.5. The maximum Gasteiger partial charge on any atom is 0.272 e. The zero-order valence-electron chi connectivity index (χ0n) is 14.5. The molecule has 1 fully saturated rings. The van der Waals surface area contributed by atoms with Crippen molar-refractivity contribution < 1.29 is 4.79 Å². The highest BCUT2D eigenvalue weighted by Crippen LogP contribution is 2.16. The molecule has 3 aromatic rings. The highest BCUT2D eigenvalue weighted by molar-refractivity contribution is 5.92. The van der Waals surface area contributed by atoms with E-state index in [-0.39, 0.29) is 5.91 Å². The number of amides is 1. The van der Waals surface area contributed by atoms with Gasteiger partial charge in [-0.15, -0.1) is 0 Å². The van der Waals surface area contributed by atoms with Gasteiger partial charge in [0.05, 0.1) is 11.7 Å². The standard InChI is InChI=1S/C19H22N6O/c26-19(17-8-12-24(23-17)16-6-3-9-20-14-16)21-13-15-5-1-2-7-18(15)25-11-4-10-22-25/h1-2,4-5,7-8,10-12,16,20H,3,6,9,13-14H2,(H,21,26). The Hall–Kier alpha value is -2.93. The normalized spacial score (nSPS) is 17.2. The number of para-hydroxylation sites is 1. The van der Waals surface area contributed by atoms with Crippen molar-refractivity contribution >= 4 is 5.91 Å². The van der Waals surface area contributed by atoms with Crippen molar-refractivity contribution in [3.05, 3.63) is 66.2 Å². The third-order valence-corrected chi connectivity index (χ3v) is 4.67. The van der Waals surface area contributed by atoms with Crippen molar-refractivity contribution in [3.63, 3.8) is 0 Å². The first kappa shape index (κ1) is 16.5. The van der Waals surface area contributed by atoms with Crippen molar-refractivity contribution in [2.24, 2.45) is 0 Å². The van der Waals surface area contributed by atoms with Crippen molar-refractivity contribution in [1.82, 2.24) is 30.2 Å². The minimum absolute atomic E-state index is 0.164. The second-order valence-electron chi connectivity index (χ2n) is 6.44. The molecule has 1 amide bonds. The number of nitrogens with zero attached hydrogens (tertiary/aromatic N) is 4. The monoisotopic (exact) mass is 350 g/mol. The molecule has 0 aliphatic carbocycles. The highest BCUT2D eigenvalue weighted by atomic mass is 16.1. The second kappa shape index (κ2) is 7.53. The molecule has 1 saturated heterocycles. The van der Waals surface area contributed by atoms with Crippen LogP contribution < -0.4 is 10.6 Å². The molecule has 0 radical (unpaired) electrons. The van der Waals surface area contributed by atoms with Crippen LogP contribution in [0.4, 0.5) is 0 Å². The average molecular weight is 350 g/mol. The lowest BCUT2D eigenvalue weighted by Crippen LogP contribution is -2.32. The van der Waals surface area contributed by atoms with Crippen LogP contribution in [0.5, 0.6) is 0 Å². The smallest absolute Gasteiger partial charge is 0.272 e. The molecule has 1 aromatic carbocycles. The van der Waals surface area contributed by atoms with Gasteiger partial charge in [-0.1, -0.05) is 18.2 Å². The molecule has 7 heteroatoms. The van der Waals surface area contributed by atoms with Crippen LogP contribution in [0.1, 0.15) is 34.9 Å². The van der Waals surface area contributed by atoms with Crippen LogP contribution in [0, 0.1) is 0 Å². The lowest BCUT2D eigenvalue weighted by molar-refractivity contribution is 0.0944. The number of carbonyl (C=O) groups excluding carboxylic acids is 1. The second-order valence-corrected chi connectivity index (χ2v) is 6.44. The van der Waals surface area contributed by atoms with Gasteiger partial charge in [0, 0.05) is 31.7 Å². The lowest BCUT2D eigenvalue weighted by Gasteiger charge is -2.22. The molecule has 2 aromatic heterocycles. The number of carbonyl (C=O) groups is 1. The topological polar surface area (TPSA) is 76.8 Å². The molecule has 0 saturated carbocycles. The summed E-state index contributed by atoms with van der Waals surface area (Å²) in [6.45, 7) is 2.38. The van der Waals surface area contributed by atoms with Gasteiger partial charge in [0.25, 0.3) is 5.91 Å². The highest BCUT2D eigenvalue weighted by Gasteiger charge is 2.17. The molecule has 3 heterocycles. The Bertz CT molecular complexity index is 864. The summed E-state index contributed by atoms with van der Waals surface area (Å²) in [7, 11) is 0. The van der Waals surface area contributed by atoms with Crippen LogP contribution in [-0.4, -0.2) is 38.6 Å². The van der Waals surface area contributed by atoms with Crippen LogP contribution >= 0.6 is 0 Å². The Labute approximate surface area is 152 Å². The van der Waals surface area contributed by atoms with E-state index in [1.54, 1.807) is 16.9 Å². The molecule has 0 spiro atoms. The number of nitrogens with one attached hydrogen (secondary N) is 2. The Morgan fingerprint density at radius 3 is 2.96 bits per heavy atom. The Kier molecular flexibility index (Phi) is 4.79. The summed E-state index contributed by atoms with van der Waals surface area (Å²) in [5.41, 5.74) is 2.41. The first-order valence-corrected chi connectivity index (χ1v) is 8.93. The van der Waals surface area contributed by atoms with Crippen molar-refractivity contribution in [2.75, 3.05) is 13.1 Å². The van der Waals surface area contributed by atoms with E-state index in [1.807, 2.05) is 47.4 Å². The molecular weight excluding hydrogens is 328 g/mol. The van der Waals surface area contributed by atoms with Crippen molar-refractivity contribution in [2.45, 2.75) is 25.4 Å². The van der Waals surface area contributed by atoms with E-state index in [2.05, 4.69) is 20.8 Å². The molecule has 1 unspecified atom stereocenters. The number of benzene rings is 1. The zero-order valence-corrected chi connectivity index (χ0v) is 14.5. The van der Waals surface area contributed by atoms with Gasteiger partial charge in [0.2, 0.25) is 0 Å². The molecule has 4 rings (SSSR count). The first-order valence-electron chi connectivity index (χ1n) is 8.93. The van der Waals surface area contributed by atoms with Gasteiger partial charge in [0.15, 0.2) is 0 Å². The summed E-state index contributed by atoms with van der Waals surface area (Å²) < 4.78 is 3.70. The predicted octanol–water partition coefficient (Wildman–Crippen LogP) is 1.92. The van der Waals surface area contributed by atoms with E-state index in [4.69, 9.17) is 0 Å². The SMILES string of the molecule is O=C(NCc1ccccc1-n1cccn1)c1ccn(C2CCCNC2)n1. The van der Waals surface area contributed by atoms with Gasteiger partial charge < -0.3 is 10.6 Å². The fourth-order valence-corrected chi connectivity index (χ4v) is 3.28. The molecule has 7 nitrogen and oxygen atoms in total. The summed E-state index contributed by atoms with van der Waals surface area (Å²) in [4.78, 5) is 12.5. The Morgan fingerprint density at radius 2 is 2.15 bits per heavy atom. The number of piperidine rings is 1. The Morgan fingerprint density at radius 1 is 1.23 bits per heavy atom. The van der Waals surface area contributed by atoms with Gasteiger partial charge >= 0.3 is 0 Å². The van der Waals surface area contributed by atoms with Crippen LogP contribution in [0.2, 0.25) is 0 Å². The van der Waals surface area contributed by atoms with Gasteiger partial charge in [-0.05, 0) is 43.1 Å². The van der Waals surface area contributed by atoms with Crippen LogP contribution in [0.25, 0.3) is 5.69 Å². The van der Waals surface area contributed by atoms with E-state index in [0.29, 0.717) is 18.3 Å². The third-order valence-electron chi connectivity index (χ3n) is 4.67. The van der Waals surface area contributed by atoms with E-state index in [9.17, 15) is 4.79 Å². The van der Waals surface area contributed by atoms with Crippen LogP contribution in [-0.2, 0) is 6.54 Å². The third kappa shape index (κ3) is 3.52. The molecule has 0 bridgehead atoms. The molecule has 26 heavy (non-hydrogen) atoms. The van der Waals surface area contributed by atoms with Gasteiger partial charge in [-0.25, -0.2) is 4.68 Å². The number of hydrogen-bond donors (Lipinski definition) is 2. The predicted molar refractivity (Wildman–Crippen MR) is 98.1 cm³/mol. The molecular formula is C19H22N6O. The zero-order chi connectivity index (χ0) is 17.8. The summed E-state index contributed by atoms with van der Waals surface area (Å²) in [6, 6.07) is 11.9. The van der Waals surface area contributed by atoms with Gasteiger partial charge in [0.1, 0.15) is 5.69 Å². The van der Waals surface area contributed by atoms with E-state index in [0.717, 1.165) is 37.2 Å². The quantitative estimate of drug-likeness (QED) is 0.737. The summed E-state index contributed by atoms with van der Waals surface area (Å²) >= 11 is 0. The Balaban J connectivity index is 1.43. The van der Waals surface area contributed by atoms with Crippen molar-refractivity contribution in [3.8, 4) is 5.69 Å². The number of rotatable bonds is 5. The lowest BCUT2D eigenvalue weighted by atomic mass is 10.1. The van der Waals surface area contributed by atoms with E-state index >= 15 is 0 Å². The molecule has 1 aliphatic rings. The molecule has 1 atom stereocenters. The van der Waals surface area contributed by atoms with Gasteiger partial charge in [-0.3, -0.25) is 9.48 Å². The van der Waals surface area contributed by atoms with Crippen LogP contribution in [0.3, 0.4) is 0 Å². The minimum Gasteiger partial charge on any atom is -0.346 e. The molecule has 134 valence electrons. The molecule has 2 N–H and O–H groups in total. The number of hydrogen-bond acceptors (Lipinski definition) is 4. The molecule has 1 aliphatic heterocycles. The summed E-state index contributed by atoms with van der Waals surface area (Å²) in [6.07, 6.45) is 7.75. The van der Waals surface area contributed by atoms with E-state index in [1.165, 1.54) is 0 Å². The largest absolute Gasteiger partial charge is 0.346 e. The maximum atomic E-state index is 12.5. The minimum atomic E-state index is -0.164. The van der Waals surface area contributed by atoms with Gasteiger partial charge in [-0.2, -0.15) is 10.2 Å². The first-order chi connectivity index (χ1) is 12.8.